The van der Waals surface area contributed by atoms with E-state index in [1.165, 1.54) is 18.0 Å². The van der Waals surface area contributed by atoms with Crippen molar-refractivity contribution >= 4 is 34.4 Å². The van der Waals surface area contributed by atoms with Gasteiger partial charge in [0.15, 0.2) is 0 Å². The zero-order valence-corrected chi connectivity index (χ0v) is 27.1. The van der Waals surface area contributed by atoms with Crippen molar-refractivity contribution in [3.8, 4) is 0 Å². The number of nitrogens with zero attached hydrogens (tertiary/aromatic N) is 1. The number of primary amides is 1. The Bertz CT molecular complexity index is 1500. The molecule has 246 valence electrons. The van der Waals surface area contributed by atoms with Crippen LogP contribution in [0, 0.1) is 0 Å². The van der Waals surface area contributed by atoms with E-state index in [9.17, 15) is 19.2 Å². The molecule has 46 heavy (non-hydrogen) atoms. The Labute approximate surface area is 271 Å². The lowest BCUT2D eigenvalue weighted by atomic mass is 9.98. The van der Waals surface area contributed by atoms with E-state index in [0.29, 0.717) is 32.2 Å². The van der Waals surface area contributed by atoms with Crippen LogP contribution < -0.4 is 27.8 Å². The minimum absolute atomic E-state index is 0.186. The molecular formula is C36H48N6O4. The van der Waals surface area contributed by atoms with E-state index < -0.39 is 47.3 Å². The maximum absolute atomic E-state index is 14.2. The zero-order valence-electron chi connectivity index (χ0n) is 27.1. The topological polar surface area (TPSA) is 174 Å². The van der Waals surface area contributed by atoms with E-state index >= 15 is 0 Å². The van der Waals surface area contributed by atoms with Crippen molar-refractivity contribution in [2.75, 3.05) is 13.6 Å². The Balaban J connectivity index is 1.92. The van der Waals surface area contributed by atoms with Crippen molar-refractivity contribution in [2.45, 2.75) is 76.0 Å². The van der Waals surface area contributed by atoms with Crippen LogP contribution in [0.4, 0.5) is 0 Å². The number of likely N-dealkylation sites (N-methyl/N-ethyl adjacent to an activating group) is 1. The fraction of sp³-hybridized carbons (Fsp3) is 0.389. The van der Waals surface area contributed by atoms with E-state index in [0.717, 1.165) is 21.9 Å². The van der Waals surface area contributed by atoms with Crippen LogP contribution in [-0.4, -0.2) is 65.8 Å². The highest BCUT2D eigenvalue weighted by atomic mass is 16.2. The molecule has 0 aliphatic rings. The fourth-order valence-corrected chi connectivity index (χ4v) is 5.18. The number of benzene rings is 3. The van der Waals surface area contributed by atoms with Gasteiger partial charge in [-0.05, 0) is 74.1 Å². The van der Waals surface area contributed by atoms with Gasteiger partial charge in [0, 0.05) is 25.4 Å². The molecule has 10 nitrogen and oxygen atoms in total. The molecule has 0 bridgehead atoms. The summed E-state index contributed by atoms with van der Waals surface area (Å²) in [5.41, 5.74) is 18.4. The summed E-state index contributed by atoms with van der Waals surface area (Å²) in [6.45, 7) is 4.17. The number of carbonyl (C=O) groups excluding carboxylic acids is 4. The third kappa shape index (κ3) is 11.4. The van der Waals surface area contributed by atoms with E-state index in [1.807, 2.05) is 86.6 Å². The van der Waals surface area contributed by atoms with E-state index in [2.05, 4.69) is 10.6 Å². The van der Waals surface area contributed by atoms with E-state index in [4.69, 9.17) is 17.2 Å². The number of nitrogens with one attached hydrogen (secondary N) is 2. The van der Waals surface area contributed by atoms with Gasteiger partial charge in [-0.2, -0.15) is 0 Å². The Kier molecular flexibility index (Phi) is 13.5. The number of hydrogen-bond acceptors (Lipinski definition) is 6. The predicted octanol–water partition coefficient (Wildman–Crippen LogP) is 2.72. The summed E-state index contributed by atoms with van der Waals surface area (Å²) in [5, 5.41) is 7.68. The Hall–Kier alpha value is -4.54. The first-order chi connectivity index (χ1) is 21.9. The van der Waals surface area contributed by atoms with Crippen LogP contribution in [0.25, 0.3) is 10.8 Å². The maximum atomic E-state index is 14.2. The molecule has 8 N–H and O–H groups in total. The summed E-state index contributed by atoms with van der Waals surface area (Å²) < 4.78 is 0. The minimum atomic E-state index is -0.990. The second-order valence-electron chi connectivity index (χ2n) is 12.4. The van der Waals surface area contributed by atoms with Crippen molar-refractivity contribution in [1.82, 2.24) is 15.5 Å². The smallest absolute Gasteiger partial charge is 0.245 e. The predicted molar refractivity (Wildman–Crippen MR) is 182 cm³/mol. The van der Waals surface area contributed by atoms with Gasteiger partial charge in [0.05, 0.1) is 0 Å². The lowest BCUT2D eigenvalue weighted by Crippen LogP contribution is -2.57. The summed E-state index contributed by atoms with van der Waals surface area (Å²) in [6, 6.07) is 20.2. The van der Waals surface area contributed by atoms with Crippen LogP contribution in [0.15, 0.2) is 84.9 Å². The van der Waals surface area contributed by atoms with Gasteiger partial charge in [0.2, 0.25) is 23.6 Å². The monoisotopic (exact) mass is 628 g/mol. The fourth-order valence-electron chi connectivity index (χ4n) is 5.18. The molecule has 0 heterocycles. The largest absolute Gasteiger partial charge is 0.368 e. The summed E-state index contributed by atoms with van der Waals surface area (Å²) in [5.74, 6) is -2.08. The number of carbonyl (C=O) groups is 4. The SMILES string of the molecule is CN(C(=O)[C@@H](Cc1ccc2ccccc2c1)NC(=O)C=CCC(C)(C)N)[C@H](Cc1ccccc1)C(=O)N[C@@H](CCCCN)C(N)=O. The molecule has 3 atom stereocenters. The van der Waals surface area contributed by atoms with Gasteiger partial charge in [0.25, 0.3) is 0 Å². The summed E-state index contributed by atoms with van der Waals surface area (Å²) in [6.07, 6.45) is 5.52. The lowest BCUT2D eigenvalue weighted by molar-refractivity contribution is -0.142. The van der Waals surface area contributed by atoms with Crippen molar-refractivity contribution in [1.29, 1.82) is 0 Å². The van der Waals surface area contributed by atoms with Crippen molar-refractivity contribution in [2.24, 2.45) is 17.2 Å². The molecule has 0 saturated heterocycles. The molecule has 10 heteroatoms. The van der Waals surface area contributed by atoms with E-state index in [1.54, 1.807) is 6.08 Å². The second-order valence-corrected chi connectivity index (χ2v) is 12.4. The van der Waals surface area contributed by atoms with E-state index in [-0.39, 0.29) is 12.8 Å². The highest BCUT2D eigenvalue weighted by molar-refractivity contribution is 5.96. The van der Waals surface area contributed by atoms with Crippen molar-refractivity contribution in [3.05, 3.63) is 96.1 Å². The Morgan fingerprint density at radius 3 is 2.17 bits per heavy atom. The first-order valence-electron chi connectivity index (χ1n) is 15.7. The van der Waals surface area contributed by atoms with Crippen LogP contribution in [0.5, 0.6) is 0 Å². The molecule has 0 fully saturated rings. The molecule has 0 saturated carbocycles. The standard InChI is InChI=1S/C36H48N6O4/c1-36(2,39)20-11-17-32(43)40-30(23-26-18-19-27-14-7-8-15-28(27)22-26)35(46)42(3)31(24-25-12-5-4-6-13-25)34(45)41-29(33(38)44)16-9-10-21-37/h4-8,11-15,17-19,22,29-31H,9-10,16,20-21,23-24,37,39H2,1-3H3,(H2,38,44)(H,40,43)(H,41,45)/t29-,30+,31+/m0/s1. The summed E-state index contributed by atoms with van der Waals surface area (Å²) in [4.78, 5) is 54.6. The molecule has 0 radical (unpaired) electrons. The van der Waals surface area contributed by atoms with Gasteiger partial charge in [0.1, 0.15) is 18.1 Å². The third-order valence-electron chi connectivity index (χ3n) is 7.78. The zero-order chi connectivity index (χ0) is 33.7. The normalized spacial score (nSPS) is 13.6. The van der Waals surface area contributed by atoms with Crippen LogP contribution in [0.2, 0.25) is 0 Å². The van der Waals surface area contributed by atoms with Gasteiger partial charge in [-0.25, -0.2) is 0 Å². The van der Waals surface area contributed by atoms with Crippen LogP contribution in [0.3, 0.4) is 0 Å². The summed E-state index contributed by atoms with van der Waals surface area (Å²) in [7, 11) is 1.54. The average Bonchev–Trinajstić information content (AvgIpc) is 3.02. The number of amides is 4. The number of hydrogen-bond donors (Lipinski definition) is 5. The van der Waals surface area contributed by atoms with Crippen LogP contribution >= 0.6 is 0 Å². The number of nitrogens with two attached hydrogens (primary N) is 3. The van der Waals surface area contributed by atoms with Crippen LogP contribution in [0.1, 0.15) is 50.7 Å². The Morgan fingerprint density at radius 1 is 0.848 bits per heavy atom. The second kappa shape index (κ2) is 17.2. The van der Waals surface area contributed by atoms with Crippen molar-refractivity contribution in [3.63, 3.8) is 0 Å². The molecule has 4 amide bonds. The molecule has 0 aromatic heterocycles. The van der Waals surface area contributed by atoms with Crippen molar-refractivity contribution < 1.29 is 19.2 Å². The minimum Gasteiger partial charge on any atom is -0.368 e. The maximum Gasteiger partial charge on any atom is 0.245 e. The Morgan fingerprint density at radius 2 is 1.52 bits per heavy atom. The highest BCUT2D eigenvalue weighted by Gasteiger charge is 2.34. The summed E-state index contributed by atoms with van der Waals surface area (Å²) >= 11 is 0. The van der Waals surface area contributed by atoms with Gasteiger partial charge in [-0.1, -0.05) is 78.9 Å². The molecule has 0 unspecified atom stereocenters. The molecule has 0 spiro atoms. The van der Waals surface area contributed by atoms with Gasteiger partial charge >= 0.3 is 0 Å². The molecule has 0 aliphatic heterocycles. The molecule has 3 aromatic rings. The third-order valence-corrected chi connectivity index (χ3v) is 7.78. The number of fused-ring (bicyclic) bond motifs is 1. The average molecular weight is 629 g/mol. The molecule has 3 aromatic carbocycles. The lowest BCUT2D eigenvalue weighted by Gasteiger charge is -2.32. The molecular weight excluding hydrogens is 580 g/mol. The van der Waals surface area contributed by atoms with Gasteiger partial charge in [-0.15, -0.1) is 0 Å². The first kappa shape index (κ1) is 35.9. The first-order valence-corrected chi connectivity index (χ1v) is 15.7. The van der Waals surface area contributed by atoms with Crippen LogP contribution in [-0.2, 0) is 32.0 Å². The number of rotatable bonds is 17. The quantitative estimate of drug-likeness (QED) is 0.114. The molecule has 0 aliphatic carbocycles. The van der Waals surface area contributed by atoms with Gasteiger partial charge in [-0.3, -0.25) is 19.2 Å². The molecule has 3 rings (SSSR count). The van der Waals surface area contributed by atoms with Gasteiger partial charge < -0.3 is 32.7 Å². The number of unbranched alkanes of at least 4 members (excludes halogenated alkanes) is 1. The highest BCUT2D eigenvalue weighted by Crippen LogP contribution is 2.18.